The van der Waals surface area contributed by atoms with E-state index in [2.05, 4.69) is 20.5 Å². The van der Waals surface area contributed by atoms with E-state index in [4.69, 9.17) is 0 Å². The lowest BCUT2D eigenvalue weighted by Crippen LogP contribution is -2.42. The maximum Gasteiger partial charge on any atom is 0.308 e. The molecule has 2 amide bonds. The Labute approximate surface area is 219 Å². The first-order valence-electron chi connectivity index (χ1n) is 12.5. The van der Waals surface area contributed by atoms with Gasteiger partial charge in [0.05, 0.1) is 17.8 Å². The number of rotatable bonds is 8. The fourth-order valence-corrected chi connectivity index (χ4v) is 4.64. The number of nitrogens with zero attached hydrogens (tertiary/aromatic N) is 4. The minimum absolute atomic E-state index is 0.0909. The van der Waals surface area contributed by atoms with Gasteiger partial charge in [-0.2, -0.15) is 5.10 Å². The molecule has 10 nitrogen and oxygen atoms in total. The first-order valence-corrected chi connectivity index (χ1v) is 12.5. The second kappa shape index (κ2) is 11.1. The van der Waals surface area contributed by atoms with Gasteiger partial charge in [-0.05, 0) is 42.7 Å². The number of anilines is 1. The van der Waals surface area contributed by atoms with Crippen LogP contribution in [0.5, 0.6) is 0 Å². The lowest BCUT2D eigenvalue weighted by molar-refractivity contribution is -0.145. The molecular formula is C28H28N6O4. The van der Waals surface area contributed by atoms with E-state index < -0.39 is 11.9 Å². The highest BCUT2D eigenvalue weighted by Gasteiger charge is 2.28. The van der Waals surface area contributed by atoms with Crippen molar-refractivity contribution in [1.29, 1.82) is 0 Å². The highest BCUT2D eigenvalue weighted by atomic mass is 16.4. The number of aryl methyl sites for hydroxylation is 1. The first kappa shape index (κ1) is 24.9. The predicted octanol–water partition coefficient (Wildman–Crippen LogP) is 3.77. The Kier molecular flexibility index (Phi) is 7.30. The molecule has 0 radical (unpaired) electrons. The number of hydrogen-bond acceptors (Lipinski definition) is 5. The second-order valence-corrected chi connectivity index (χ2v) is 9.30. The Hall–Kier alpha value is -4.73. The summed E-state index contributed by atoms with van der Waals surface area (Å²) < 4.78 is 1.79. The van der Waals surface area contributed by atoms with Crippen LogP contribution in [0.2, 0.25) is 0 Å². The van der Waals surface area contributed by atoms with Gasteiger partial charge < -0.3 is 10.0 Å². The number of aromatic nitrogens is 4. The highest BCUT2D eigenvalue weighted by molar-refractivity contribution is 6.04. The van der Waals surface area contributed by atoms with E-state index in [1.807, 2.05) is 48.7 Å². The lowest BCUT2D eigenvalue weighted by atomic mass is 9.98. The van der Waals surface area contributed by atoms with Crippen LogP contribution in [-0.4, -0.2) is 60.6 Å². The van der Waals surface area contributed by atoms with Gasteiger partial charge in [-0.25, -0.2) is 4.98 Å². The first-order chi connectivity index (χ1) is 18.5. The quantitative estimate of drug-likeness (QED) is 0.329. The number of carboxylic acids is 1. The van der Waals surface area contributed by atoms with Crippen molar-refractivity contribution in [2.45, 2.75) is 25.7 Å². The number of amides is 2. The van der Waals surface area contributed by atoms with Crippen molar-refractivity contribution in [3.8, 4) is 16.8 Å². The SMILES string of the molecule is O=C(Nc1nc(CCC(=O)N2CCC[C@H](C(=O)O)C2)cn1-c1ccccc1)c1cccc(-c2cn[nH]c2)c1. The fraction of sp³-hybridized carbons (Fsp3) is 0.250. The molecule has 194 valence electrons. The molecule has 1 aliphatic rings. The zero-order chi connectivity index (χ0) is 26.5. The van der Waals surface area contributed by atoms with E-state index in [1.54, 1.807) is 34.0 Å². The Morgan fingerprint density at radius 2 is 1.92 bits per heavy atom. The van der Waals surface area contributed by atoms with Crippen LogP contribution in [0.1, 0.15) is 35.3 Å². The predicted molar refractivity (Wildman–Crippen MR) is 141 cm³/mol. The molecule has 0 spiro atoms. The molecule has 0 bridgehead atoms. The second-order valence-electron chi connectivity index (χ2n) is 9.30. The van der Waals surface area contributed by atoms with Crippen LogP contribution in [0.15, 0.2) is 73.2 Å². The third-order valence-electron chi connectivity index (χ3n) is 6.69. The summed E-state index contributed by atoms with van der Waals surface area (Å²) in [5.41, 5.74) is 3.68. The molecule has 3 heterocycles. The number of imidazole rings is 1. The minimum Gasteiger partial charge on any atom is -0.481 e. The summed E-state index contributed by atoms with van der Waals surface area (Å²) in [4.78, 5) is 43.6. The summed E-state index contributed by atoms with van der Waals surface area (Å²) in [5, 5.41) is 19.0. The molecule has 2 aromatic carbocycles. The average Bonchev–Trinajstić information content (AvgIpc) is 3.63. The third kappa shape index (κ3) is 5.64. The van der Waals surface area contributed by atoms with Crippen LogP contribution in [-0.2, 0) is 16.0 Å². The number of aliphatic carboxylic acids is 1. The molecule has 1 saturated heterocycles. The maximum atomic E-state index is 13.2. The normalized spacial score (nSPS) is 15.3. The van der Waals surface area contributed by atoms with Crippen LogP contribution < -0.4 is 5.32 Å². The Balaban J connectivity index is 1.33. The Morgan fingerprint density at radius 1 is 1.08 bits per heavy atom. The average molecular weight is 513 g/mol. The summed E-state index contributed by atoms with van der Waals surface area (Å²) in [6, 6.07) is 16.8. The summed E-state index contributed by atoms with van der Waals surface area (Å²) in [5.74, 6) is -1.43. The number of carbonyl (C=O) groups excluding carboxylic acids is 2. The summed E-state index contributed by atoms with van der Waals surface area (Å²) in [6.45, 7) is 0.812. The summed E-state index contributed by atoms with van der Waals surface area (Å²) in [7, 11) is 0. The van der Waals surface area contributed by atoms with Gasteiger partial charge in [0.15, 0.2) is 0 Å². The maximum absolute atomic E-state index is 13.2. The number of carbonyl (C=O) groups is 3. The van der Waals surface area contributed by atoms with Gasteiger partial charge in [-0.15, -0.1) is 0 Å². The zero-order valence-electron chi connectivity index (χ0n) is 20.7. The number of benzene rings is 2. The number of para-hydroxylation sites is 1. The van der Waals surface area contributed by atoms with E-state index in [0.29, 0.717) is 43.0 Å². The summed E-state index contributed by atoms with van der Waals surface area (Å²) >= 11 is 0. The molecule has 1 aliphatic heterocycles. The van der Waals surface area contributed by atoms with Crippen LogP contribution in [0, 0.1) is 5.92 Å². The van der Waals surface area contributed by atoms with Crippen molar-refractivity contribution in [2.24, 2.45) is 5.92 Å². The van der Waals surface area contributed by atoms with E-state index in [0.717, 1.165) is 16.8 Å². The minimum atomic E-state index is -0.861. The fourth-order valence-electron chi connectivity index (χ4n) is 4.64. The molecule has 3 N–H and O–H groups in total. The largest absolute Gasteiger partial charge is 0.481 e. The van der Waals surface area contributed by atoms with E-state index >= 15 is 0 Å². The van der Waals surface area contributed by atoms with Crippen LogP contribution in [0.4, 0.5) is 5.95 Å². The standard InChI is InChI=1S/C28H28N6O4/c35-25(33-13-5-8-21(17-33)27(37)38)12-11-23-18-34(24-9-2-1-3-10-24)28(31-23)32-26(36)20-7-4-6-19(14-20)22-15-29-30-16-22/h1-4,6-7,9-10,14-16,18,21H,5,8,11-13,17H2,(H,29,30)(H,37,38)(H,31,32,36)/t21-/m0/s1. The molecule has 10 heteroatoms. The third-order valence-corrected chi connectivity index (χ3v) is 6.69. The Bertz CT molecular complexity index is 1430. The van der Waals surface area contributed by atoms with Gasteiger partial charge in [0.2, 0.25) is 11.9 Å². The Morgan fingerprint density at radius 3 is 2.68 bits per heavy atom. The van der Waals surface area contributed by atoms with Crippen molar-refractivity contribution in [3.05, 3.63) is 84.4 Å². The van der Waals surface area contributed by atoms with Gasteiger partial charge >= 0.3 is 5.97 Å². The molecular weight excluding hydrogens is 484 g/mol. The van der Waals surface area contributed by atoms with Gasteiger partial charge in [0.25, 0.3) is 5.91 Å². The summed E-state index contributed by atoms with van der Waals surface area (Å²) in [6.07, 6.45) is 7.12. The number of H-pyrrole nitrogens is 1. The molecule has 4 aromatic rings. The number of piperidine rings is 1. The van der Waals surface area contributed by atoms with Gasteiger partial charge in [-0.1, -0.05) is 30.3 Å². The molecule has 2 aromatic heterocycles. The van der Waals surface area contributed by atoms with Gasteiger partial charge in [-0.3, -0.25) is 29.4 Å². The van der Waals surface area contributed by atoms with Gasteiger partial charge in [0, 0.05) is 55.1 Å². The van der Waals surface area contributed by atoms with Gasteiger partial charge in [0.1, 0.15) is 0 Å². The van der Waals surface area contributed by atoms with Crippen LogP contribution >= 0.6 is 0 Å². The van der Waals surface area contributed by atoms with Crippen molar-refractivity contribution in [1.82, 2.24) is 24.6 Å². The number of hydrogen-bond donors (Lipinski definition) is 3. The zero-order valence-corrected chi connectivity index (χ0v) is 20.7. The molecule has 0 saturated carbocycles. The molecule has 0 unspecified atom stereocenters. The van der Waals surface area contributed by atoms with Crippen molar-refractivity contribution in [3.63, 3.8) is 0 Å². The van der Waals surface area contributed by atoms with E-state index in [1.165, 1.54) is 0 Å². The monoisotopic (exact) mass is 512 g/mol. The van der Waals surface area contributed by atoms with Crippen LogP contribution in [0.25, 0.3) is 16.8 Å². The van der Waals surface area contributed by atoms with Crippen molar-refractivity contribution in [2.75, 3.05) is 18.4 Å². The molecule has 38 heavy (non-hydrogen) atoms. The molecule has 1 fully saturated rings. The van der Waals surface area contributed by atoms with Crippen molar-refractivity contribution >= 4 is 23.7 Å². The van der Waals surface area contributed by atoms with Crippen molar-refractivity contribution < 1.29 is 19.5 Å². The number of nitrogens with one attached hydrogen (secondary N) is 2. The molecule has 1 atom stereocenters. The smallest absolute Gasteiger partial charge is 0.308 e. The number of aromatic amines is 1. The lowest BCUT2D eigenvalue weighted by Gasteiger charge is -2.30. The van der Waals surface area contributed by atoms with E-state index in [-0.39, 0.29) is 24.8 Å². The number of carboxylic acid groups (broad SMARTS) is 1. The topological polar surface area (TPSA) is 133 Å². The van der Waals surface area contributed by atoms with Crippen LogP contribution in [0.3, 0.4) is 0 Å². The number of likely N-dealkylation sites (tertiary alicyclic amines) is 1. The highest BCUT2D eigenvalue weighted by Crippen LogP contribution is 2.22. The molecule has 0 aliphatic carbocycles. The molecule has 5 rings (SSSR count). The van der Waals surface area contributed by atoms with E-state index in [9.17, 15) is 19.5 Å².